The molecule has 6 N–H and O–H groups in total. The molecule has 1 aromatic rings. The zero-order valence-corrected chi connectivity index (χ0v) is 24.8. The molecule has 6 atom stereocenters. The van der Waals surface area contributed by atoms with Gasteiger partial charge in [0.2, 0.25) is 0 Å². The summed E-state index contributed by atoms with van der Waals surface area (Å²) < 4.78 is 29.4. The lowest BCUT2D eigenvalue weighted by Crippen LogP contribution is -2.37. The van der Waals surface area contributed by atoms with Crippen LogP contribution < -0.4 is 11.1 Å². The Morgan fingerprint density at radius 1 is 1.24 bits per heavy atom. The van der Waals surface area contributed by atoms with Crippen LogP contribution in [0.4, 0.5) is 20.6 Å². The van der Waals surface area contributed by atoms with Crippen LogP contribution in [0, 0.1) is 11.8 Å². The quantitative estimate of drug-likeness (QED) is 0.146. The van der Waals surface area contributed by atoms with Crippen LogP contribution in [0.25, 0.3) is 0 Å². The first kappa shape index (κ1) is 34.5. The highest BCUT2D eigenvalue weighted by atomic mass is 19.1. The zero-order valence-electron chi connectivity index (χ0n) is 24.8. The smallest absolute Gasteiger partial charge is 0.405 e. The number of halogens is 1. The molecule has 2 bridgehead atoms. The number of fused-ring (bicyclic) bond motifs is 2. The van der Waals surface area contributed by atoms with Gasteiger partial charge in [-0.1, -0.05) is 38.2 Å². The molecule has 1 aliphatic heterocycles. The number of aliphatic hydroxyl groups is 1. The second-order valence-electron chi connectivity index (χ2n) is 10.4. The van der Waals surface area contributed by atoms with Crippen LogP contribution in [-0.2, 0) is 25.4 Å². The van der Waals surface area contributed by atoms with Gasteiger partial charge in [-0.05, 0) is 38.2 Å². The second kappa shape index (κ2) is 16.0. The number of methoxy groups -OCH3 is 2. The summed E-state index contributed by atoms with van der Waals surface area (Å²) >= 11 is 0. The zero-order chi connectivity index (χ0) is 31.6. The first-order chi connectivity index (χ1) is 19.8. The van der Waals surface area contributed by atoms with Crippen molar-refractivity contribution >= 4 is 29.6 Å². The molecule has 0 fully saturated rings. The number of aliphatic imine (C=N–C) groups is 1. The monoisotopic (exact) mass is 591 g/mol. The van der Waals surface area contributed by atoms with E-state index in [9.17, 15) is 29.3 Å². The summed E-state index contributed by atoms with van der Waals surface area (Å²) in [6.45, 7) is 6.02. The Hall–Kier alpha value is -3.74. The number of primary amides is 1. The number of nitrogens with zero attached hydrogens (tertiary/aromatic N) is 1. The summed E-state index contributed by atoms with van der Waals surface area (Å²) in [5.41, 5.74) is 6.26. The lowest BCUT2D eigenvalue weighted by molar-refractivity contribution is -0.112. The Balaban J connectivity index is 2.69. The number of phenols is 2. The van der Waals surface area contributed by atoms with Crippen molar-refractivity contribution in [3.8, 4) is 11.5 Å². The molecule has 1 aliphatic rings. The van der Waals surface area contributed by atoms with E-state index in [0.717, 1.165) is 12.3 Å². The molecule has 0 saturated carbocycles. The maximum absolute atomic E-state index is 13.0. The molecule has 1 heterocycles. The number of aromatic hydroxyl groups is 2. The highest BCUT2D eigenvalue weighted by Crippen LogP contribution is 2.44. The summed E-state index contributed by atoms with van der Waals surface area (Å²) in [6.07, 6.45) is 3.44. The molecule has 0 aromatic heterocycles. The van der Waals surface area contributed by atoms with Gasteiger partial charge in [0.25, 0.3) is 5.91 Å². The van der Waals surface area contributed by atoms with Crippen LogP contribution in [0.5, 0.6) is 11.5 Å². The van der Waals surface area contributed by atoms with Gasteiger partial charge in [-0.25, -0.2) is 9.18 Å². The number of hydrogen-bond donors (Lipinski definition) is 5. The highest BCUT2D eigenvalue weighted by Gasteiger charge is 2.30. The second-order valence-corrected chi connectivity index (χ2v) is 10.4. The molecule has 0 saturated heterocycles. The minimum absolute atomic E-state index is 0.0244. The SMILES string of the molecule is CO[C@H]1/C=C\C=C(/C)C(=O)Nc2cc(O)c(N=CCF)c(c2O)C[C@@H](C)C[C@H](OC)[C@H](O)[C@@H](C)/C=C(\C)[C@@H]1OC(N)=O. The fourth-order valence-corrected chi connectivity index (χ4v) is 4.86. The lowest BCUT2D eigenvalue weighted by atomic mass is 9.87. The number of benzene rings is 1. The minimum Gasteiger partial charge on any atom is -0.506 e. The van der Waals surface area contributed by atoms with Crippen LogP contribution in [0.1, 0.15) is 39.7 Å². The Bertz CT molecular complexity index is 1230. The van der Waals surface area contributed by atoms with E-state index in [1.807, 2.05) is 6.92 Å². The van der Waals surface area contributed by atoms with Crippen molar-refractivity contribution in [2.75, 3.05) is 26.2 Å². The highest BCUT2D eigenvalue weighted by molar-refractivity contribution is 6.04. The number of allylic oxidation sites excluding steroid dienone is 2. The number of carbonyl (C=O) groups excluding carboxylic acids is 2. The average Bonchev–Trinajstić information content (AvgIpc) is 2.94. The summed E-state index contributed by atoms with van der Waals surface area (Å²) in [6, 6.07) is 1.14. The van der Waals surface area contributed by atoms with Gasteiger partial charge in [-0.2, -0.15) is 0 Å². The van der Waals surface area contributed by atoms with E-state index in [0.29, 0.717) is 12.0 Å². The molecule has 0 radical (unpaired) electrons. The van der Waals surface area contributed by atoms with E-state index < -0.39 is 49.0 Å². The number of carbonyl (C=O) groups is 2. The van der Waals surface area contributed by atoms with Gasteiger partial charge in [0.15, 0.2) is 6.10 Å². The third-order valence-corrected chi connectivity index (χ3v) is 7.09. The van der Waals surface area contributed by atoms with Gasteiger partial charge in [0, 0.05) is 43.6 Å². The Morgan fingerprint density at radius 3 is 2.52 bits per heavy atom. The van der Waals surface area contributed by atoms with Crippen LogP contribution in [0.3, 0.4) is 0 Å². The van der Waals surface area contributed by atoms with Crippen molar-refractivity contribution in [2.45, 2.75) is 65.0 Å². The number of rotatable bonds is 5. The maximum atomic E-state index is 13.0. The van der Waals surface area contributed by atoms with Crippen molar-refractivity contribution in [1.29, 1.82) is 0 Å². The van der Waals surface area contributed by atoms with E-state index in [-0.39, 0.29) is 46.3 Å². The molecule has 12 heteroatoms. The third-order valence-electron chi connectivity index (χ3n) is 7.09. The number of ether oxygens (including phenoxy) is 3. The fraction of sp³-hybridized carbons (Fsp3) is 0.500. The van der Waals surface area contributed by atoms with Crippen molar-refractivity contribution in [1.82, 2.24) is 0 Å². The van der Waals surface area contributed by atoms with Crippen molar-refractivity contribution < 1.29 is 43.5 Å². The fourth-order valence-electron chi connectivity index (χ4n) is 4.86. The summed E-state index contributed by atoms with van der Waals surface area (Å²) in [5.74, 6) is -1.96. The first-order valence-electron chi connectivity index (χ1n) is 13.5. The van der Waals surface area contributed by atoms with Crippen LogP contribution in [0.15, 0.2) is 46.5 Å². The molecule has 42 heavy (non-hydrogen) atoms. The largest absolute Gasteiger partial charge is 0.506 e. The van der Waals surface area contributed by atoms with Crippen molar-refractivity contribution in [3.05, 3.63) is 47.1 Å². The summed E-state index contributed by atoms with van der Waals surface area (Å²) in [4.78, 5) is 28.7. The minimum atomic E-state index is -1.01. The number of hydrogen-bond acceptors (Lipinski definition) is 9. The number of amides is 2. The summed E-state index contributed by atoms with van der Waals surface area (Å²) in [7, 11) is 2.89. The third kappa shape index (κ3) is 9.13. The molecular formula is C30H42FN3O8. The number of nitrogens with one attached hydrogen (secondary N) is 1. The number of aliphatic hydroxyl groups excluding tert-OH is 1. The molecule has 11 nitrogen and oxygen atoms in total. The molecule has 1 aromatic carbocycles. The van der Waals surface area contributed by atoms with E-state index in [2.05, 4.69) is 10.3 Å². The normalized spacial score (nSPS) is 29.7. The van der Waals surface area contributed by atoms with Crippen molar-refractivity contribution in [3.63, 3.8) is 0 Å². The van der Waals surface area contributed by atoms with Crippen LogP contribution in [0.2, 0.25) is 0 Å². The van der Waals surface area contributed by atoms with Gasteiger partial charge in [-0.3, -0.25) is 9.79 Å². The number of phenolic OH excluding ortho intramolecular Hbond substituents is 2. The first-order valence-corrected chi connectivity index (χ1v) is 13.5. The lowest BCUT2D eigenvalue weighted by Gasteiger charge is -2.29. The summed E-state index contributed by atoms with van der Waals surface area (Å²) in [5, 5.41) is 35.6. The Labute approximate surface area is 245 Å². The van der Waals surface area contributed by atoms with Gasteiger partial charge in [0.1, 0.15) is 30.0 Å². The van der Waals surface area contributed by atoms with Crippen molar-refractivity contribution in [2.24, 2.45) is 22.6 Å². The Morgan fingerprint density at radius 2 is 1.93 bits per heavy atom. The van der Waals surface area contributed by atoms with E-state index in [1.54, 1.807) is 39.0 Å². The molecule has 232 valence electrons. The molecule has 0 spiro atoms. The predicted octanol–water partition coefficient (Wildman–Crippen LogP) is 4.23. The van der Waals surface area contributed by atoms with Crippen LogP contribution >= 0.6 is 0 Å². The Kier molecular flexibility index (Phi) is 13.2. The van der Waals surface area contributed by atoms with E-state index >= 15 is 0 Å². The maximum Gasteiger partial charge on any atom is 0.405 e. The molecule has 0 aliphatic carbocycles. The van der Waals surface area contributed by atoms with Gasteiger partial charge in [-0.15, -0.1) is 0 Å². The predicted molar refractivity (Wildman–Crippen MR) is 158 cm³/mol. The standard InChI is InChI=1S/C30H42FN3O8/c1-16-12-20-25(33-11-10-31)22(35)15-21(27(20)37)34-29(38)17(2)8-7-9-23(40-5)28(42-30(32)39)19(4)14-18(3)26(36)24(13-16)41-6/h7-9,11,14-16,18,23-24,26,28,35-37H,10,12-13H2,1-6H3,(H2,32,39)(H,34,38)/b9-7-,17-8+,19-14+,33-11?/t16-,18+,23+,24+,26-,28+/m1/s1. The van der Waals surface area contributed by atoms with Gasteiger partial charge >= 0.3 is 6.09 Å². The van der Waals surface area contributed by atoms with E-state index in [1.165, 1.54) is 20.3 Å². The topological polar surface area (TPSA) is 173 Å². The molecular weight excluding hydrogens is 549 g/mol. The van der Waals surface area contributed by atoms with Gasteiger partial charge < -0.3 is 40.6 Å². The molecule has 2 amide bonds. The van der Waals surface area contributed by atoms with Gasteiger partial charge in [0.05, 0.1) is 17.9 Å². The number of nitrogens with two attached hydrogens (primary N) is 1. The number of anilines is 1. The van der Waals surface area contributed by atoms with Crippen LogP contribution in [-0.4, -0.2) is 78.8 Å². The molecule has 2 rings (SSSR count). The van der Waals surface area contributed by atoms with E-state index in [4.69, 9.17) is 19.9 Å². The average molecular weight is 592 g/mol. The number of alkyl halides is 1. The molecule has 0 unspecified atom stereocenters.